The second kappa shape index (κ2) is 12.2. The van der Waals surface area contributed by atoms with Crippen LogP contribution in [0.3, 0.4) is 0 Å². The summed E-state index contributed by atoms with van der Waals surface area (Å²) in [6, 6.07) is 29.7. The summed E-state index contributed by atoms with van der Waals surface area (Å²) < 4.78 is 14.2. The zero-order valence-corrected chi connectivity index (χ0v) is 24.3. The molecule has 45 heavy (non-hydrogen) atoms. The van der Waals surface area contributed by atoms with E-state index in [-0.39, 0.29) is 36.6 Å². The Morgan fingerprint density at radius 2 is 1.56 bits per heavy atom. The van der Waals surface area contributed by atoms with Crippen LogP contribution in [-0.2, 0) is 19.5 Å². The third-order valence-electron chi connectivity index (χ3n) is 9.09. The maximum Gasteiger partial charge on any atom is 0.335 e. The van der Waals surface area contributed by atoms with Crippen molar-refractivity contribution < 1.29 is 29.3 Å². The zero-order valence-electron chi connectivity index (χ0n) is 24.3. The van der Waals surface area contributed by atoms with Crippen molar-refractivity contribution in [3.63, 3.8) is 0 Å². The first-order valence-electron chi connectivity index (χ1n) is 14.8. The number of aliphatic hydroxyl groups is 2. The summed E-state index contributed by atoms with van der Waals surface area (Å²) >= 11 is 0. The summed E-state index contributed by atoms with van der Waals surface area (Å²) in [4.78, 5) is 29.7. The molecule has 4 aromatic rings. The van der Waals surface area contributed by atoms with Crippen LogP contribution in [0.1, 0.15) is 50.5 Å². The Morgan fingerprint density at radius 3 is 2.24 bits per heavy atom. The average molecular weight is 606 g/mol. The Morgan fingerprint density at radius 1 is 0.889 bits per heavy atom. The van der Waals surface area contributed by atoms with Gasteiger partial charge in [-0.1, -0.05) is 78.9 Å². The minimum Gasteiger partial charge on any atom is -0.478 e. The van der Waals surface area contributed by atoms with Crippen molar-refractivity contribution in [3.05, 3.63) is 142 Å². The highest BCUT2D eigenvalue weighted by Crippen LogP contribution is 2.60. The molecule has 1 unspecified atom stereocenters. The van der Waals surface area contributed by atoms with Gasteiger partial charge in [0.2, 0.25) is 0 Å². The Labute approximate surface area is 260 Å². The van der Waals surface area contributed by atoms with Gasteiger partial charge < -0.3 is 25.1 Å². The van der Waals surface area contributed by atoms with Gasteiger partial charge in [0.05, 0.1) is 22.7 Å². The number of carboxylic acids is 1. The van der Waals surface area contributed by atoms with E-state index >= 15 is 0 Å². The van der Waals surface area contributed by atoms with Gasteiger partial charge in [0.1, 0.15) is 24.1 Å². The number of hydrogen-bond donors (Lipinski definition) is 3. The molecular formula is C36H32FN3O5. The lowest BCUT2D eigenvalue weighted by Crippen LogP contribution is -2.52. The first-order chi connectivity index (χ1) is 21.7. The quantitative estimate of drug-likeness (QED) is 0.257. The minimum absolute atomic E-state index is 0.0194. The molecule has 6 rings (SSSR count). The maximum atomic E-state index is 14.9. The molecule has 1 aliphatic carbocycles. The van der Waals surface area contributed by atoms with E-state index in [1.807, 2.05) is 66.7 Å². The Balaban J connectivity index is 1.48. The molecule has 4 aromatic carbocycles. The van der Waals surface area contributed by atoms with Gasteiger partial charge in [-0.15, -0.1) is 0 Å². The molecular weight excluding hydrogens is 573 g/mol. The molecule has 0 radical (unpaired) electrons. The van der Waals surface area contributed by atoms with E-state index in [0.717, 1.165) is 11.1 Å². The Kier molecular flexibility index (Phi) is 8.11. The van der Waals surface area contributed by atoms with Crippen LogP contribution in [0.25, 0.3) is 0 Å². The maximum absolute atomic E-state index is 14.9. The molecule has 2 amide bonds. The predicted molar refractivity (Wildman–Crippen MR) is 163 cm³/mol. The van der Waals surface area contributed by atoms with Crippen molar-refractivity contribution in [1.29, 1.82) is 5.26 Å². The number of aromatic carboxylic acids is 1. The van der Waals surface area contributed by atoms with Crippen LogP contribution in [-0.4, -0.2) is 60.9 Å². The number of halogens is 1. The van der Waals surface area contributed by atoms with E-state index in [1.165, 1.54) is 35.2 Å². The monoisotopic (exact) mass is 605 g/mol. The number of carbonyl (C=O) groups excluding carboxylic acids is 1. The van der Waals surface area contributed by atoms with Crippen molar-refractivity contribution in [2.24, 2.45) is 0 Å². The molecule has 2 fully saturated rings. The average Bonchev–Trinajstić information content (AvgIpc) is 3.82. The van der Waals surface area contributed by atoms with Gasteiger partial charge in [0, 0.05) is 19.0 Å². The van der Waals surface area contributed by atoms with Gasteiger partial charge in [-0.2, -0.15) is 5.26 Å². The first-order valence-corrected chi connectivity index (χ1v) is 14.8. The summed E-state index contributed by atoms with van der Waals surface area (Å²) in [7, 11) is 0. The van der Waals surface area contributed by atoms with Crippen LogP contribution in [0.15, 0.2) is 103 Å². The molecule has 0 aromatic heterocycles. The van der Waals surface area contributed by atoms with E-state index in [4.69, 9.17) is 0 Å². The number of nitrogens with zero attached hydrogens (tertiary/aromatic N) is 3. The van der Waals surface area contributed by atoms with Gasteiger partial charge in [0.15, 0.2) is 0 Å². The van der Waals surface area contributed by atoms with Crippen LogP contribution in [0, 0.1) is 17.1 Å². The van der Waals surface area contributed by atoms with Gasteiger partial charge >= 0.3 is 12.0 Å². The summed E-state index contributed by atoms with van der Waals surface area (Å²) in [5.41, 5.74) is 1.51. The third-order valence-corrected chi connectivity index (χ3v) is 9.09. The largest absolute Gasteiger partial charge is 0.478 e. The number of urea groups is 1. The van der Waals surface area contributed by atoms with Gasteiger partial charge in [-0.3, -0.25) is 0 Å². The van der Waals surface area contributed by atoms with Crippen LogP contribution < -0.4 is 0 Å². The number of aliphatic hydroxyl groups excluding tert-OH is 2. The van der Waals surface area contributed by atoms with Crippen LogP contribution >= 0.6 is 0 Å². The number of benzene rings is 4. The molecule has 1 spiro atoms. The highest BCUT2D eigenvalue weighted by Gasteiger charge is 2.68. The van der Waals surface area contributed by atoms with Crippen LogP contribution in [0.5, 0.6) is 0 Å². The lowest BCUT2D eigenvalue weighted by molar-refractivity contribution is -0.0502. The summed E-state index contributed by atoms with van der Waals surface area (Å²) in [5, 5.41) is 43.1. The van der Waals surface area contributed by atoms with E-state index in [0.29, 0.717) is 17.5 Å². The lowest BCUT2D eigenvalue weighted by atomic mass is 9.90. The summed E-state index contributed by atoms with van der Waals surface area (Å²) in [6.45, 7) is -0.0820. The number of nitriles is 1. The van der Waals surface area contributed by atoms with E-state index < -0.39 is 41.6 Å². The fraction of sp³-hybridized carbons (Fsp3) is 0.250. The van der Waals surface area contributed by atoms with Crippen LogP contribution in [0.4, 0.5) is 9.18 Å². The molecule has 0 bridgehead atoms. The van der Waals surface area contributed by atoms with Crippen molar-refractivity contribution in [2.45, 2.75) is 55.6 Å². The SMILES string of the molecule is N#Cc1cc(CN2C(=O)N(Cc3cccc(C(=O)O)c3)C3(C[C@@H]3c3ccccc3)[C@H](O)[C@@H](O)[C@H]2Cc2ccccc2)ccc1F. The molecule has 228 valence electrons. The number of carbonyl (C=O) groups is 2. The van der Waals surface area contributed by atoms with Gasteiger partial charge in [-0.25, -0.2) is 14.0 Å². The number of rotatable bonds is 8. The van der Waals surface area contributed by atoms with Crippen molar-refractivity contribution >= 4 is 12.0 Å². The molecule has 2 aliphatic rings. The van der Waals surface area contributed by atoms with E-state index in [1.54, 1.807) is 17.0 Å². The fourth-order valence-electron chi connectivity index (χ4n) is 6.73. The standard InChI is InChI=1S/C36H32FN3O5/c37-30-15-14-25(17-28(30)20-38)21-39-31(18-23-8-3-1-4-9-23)32(41)33(42)36(19-29(36)26-11-5-2-6-12-26)40(35(39)45)22-24-10-7-13-27(16-24)34(43)44/h1-17,29,31-33,41-42H,18-19,21-22H2,(H,43,44)/t29-,31-,32+,33-,36?/m1/s1. The third kappa shape index (κ3) is 5.66. The molecule has 8 nitrogen and oxygen atoms in total. The van der Waals surface area contributed by atoms with Crippen molar-refractivity contribution in [2.75, 3.05) is 0 Å². The topological polar surface area (TPSA) is 125 Å². The number of hydrogen-bond acceptors (Lipinski definition) is 5. The smallest absolute Gasteiger partial charge is 0.335 e. The lowest BCUT2D eigenvalue weighted by Gasteiger charge is -2.36. The summed E-state index contributed by atoms with van der Waals surface area (Å²) in [6.07, 6.45) is -2.10. The molecule has 1 aliphatic heterocycles. The molecule has 1 saturated carbocycles. The molecule has 1 heterocycles. The van der Waals surface area contributed by atoms with E-state index in [9.17, 15) is 34.6 Å². The van der Waals surface area contributed by atoms with Crippen molar-refractivity contribution in [1.82, 2.24) is 9.80 Å². The Bertz CT molecular complexity index is 1760. The van der Waals surface area contributed by atoms with Gasteiger partial charge in [0.25, 0.3) is 0 Å². The number of amides is 2. The highest BCUT2D eigenvalue weighted by molar-refractivity contribution is 5.87. The van der Waals surface area contributed by atoms with Crippen molar-refractivity contribution in [3.8, 4) is 6.07 Å². The first kappa shape index (κ1) is 30.0. The molecule has 5 atom stereocenters. The minimum atomic E-state index is -1.37. The summed E-state index contributed by atoms with van der Waals surface area (Å²) in [5.74, 6) is -2.07. The van der Waals surface area contributed by atoms with Gasteiger partial charge in [-0.05, 0) is 59.4 Å². The molecule has 3 N–H and O–H groups in total. The number of carboxylic acid groups (broad SMARTS) is 1. The second-order valence-electron chi connectivity index (χ2n) is 11.8. The Hall–Kier alpha value is -5.04. The molecule has 9 heteroatoms. The zero-order chi connectivity index (χ0) is 31.7. The fourth-order valence-corrected chi connectivity index (χ4v) is 6.73. The normalized spacial score (nSPS) is 24.3. The van der Waals surface area contributed by atoms with E-state index in [2.05, 4.69) is 0 Å². The van der Waals surface area contributed by atoms with Crippen LogP contribution in [0.2, 0.25) is 0 Å². The second-order valence-corrected chi connectivity index (χ2v) is 11.8. The highest BCUT2D eigenvalue weighted by atomic mass is 19.1. The molecule has 1 saturated heterocycles. The predicted octanol–water partition coefficient (Wildman–Crippen LogP) is 5.09.